The Bertz CT molecular complexity index is 773. The highest BCUT2D eigenvalue weighted by Crippen LogP contribution is 2.36. The quantitative estimate of drug-likeness (QED) is 0.858. The minimum Gasteiger partial charge on any atom is -0.491 e. The van der Waals surface area contributed by atoms with Gasteiger partial charge in [-0.15, -0.1) is 11.8 Å². The van der Waals surface area contributed by atoms with Crippen molar-refractivity contribution in [3.05, 3.63) is 59.7 Å². The molecule has 5 heteroatoms. The number of carbonyl (C=O) groups excluding carboxylic acids is 1. The molecule has 2 aliphatic rings. The van der Waals surface area contributed by atoms with Crippen LogP contribution in [0.15, 0.2) is 53.4 Å². The van der Waals surface area contributed by atoms with E-state index in [-0.39, 0.29) is 18.1 Å². The maximum atomic E-state index is 12.7. The topological polar surface area (TPSA) is 47.6 Å². The number of fused-ring (bicyclic) bond motifs is 1. The largest absolute Gasteiger partial charge is 0.491 e. The van der Waals surface area contributed by atoms with Gasteiger partial charge in [0.2, 0.25) is 0 Å². The number of hydrogen-bond acceptors (Lipinski definition) is 4. The highest BCUT2D eigenvalue weighted by atomic mass is 32.2. The molecule has 2 atom stereocenters. The van der Waals surface area contributed by atoms with Gasteiger partial charge >= 0.3 is 0 Å². The van der Waals surface area contributed by atoms with Gasteiger partial charge in [0.1, 0.15) is 12.4 Å². The van der Waals surface area contributed by atoms with Crippen molar-refractivity contribution in [2.24, 2.45) is 0 Å². The lowest BCUT2D eigenvalue weighted by Gasteiger charge is -2.26. The van der Waals surface area contributed by atoms with Crippen LogP contribution in [0.2, 0.25) is 0 Å². The summed E-state index contributed by atoms with van der Waals surface area (Å²) in [6, 6.07) is 15.8. The van der Waals surface area contributed by atoms with E-state index >= 15 is 0 Å². The number of hydrogen-bond donors (Lipinski definition) is 1. The Morgan fingerprint density at radius 1 is 1.19 bits per heavy atom. The van der Waals surface area contributed by atoms with Gasteiger partial charge in [0.05, 0.1) is 12.1 Å². The Balaban J connectivity index is 1.41. The van der Waals surface area contributed by atoms with Crippen LogP contribution in [0.4, 0.5) is 0 Å². The van der Waals surface area contributed by atoms with Crippen LogP contribution in [0.3, 0.4) is 0 Å². The number of ether oxygens (including phenoxy) is 2. The fourth-order valence-electron chi connectivity index (χ4n) is 3.43. The monoisotopic (exact) mass is 369 g/mol. The van der Waals surface area contributed by atoms with E-state index in [9.17, 15) is 4.79 Å². The third-order valence-corrected chi connectivity index (χ3v) is 5.94. The predicted octanol–water partition coefficient (Wildman–Crippen LogP) is 4.21. The van der Waals surface area contributed by atoms with Crippen LogP contribution in [-0.4, -0.2) is 31.0 Å². The van der Waals surface area contributed by atoms with E-state index in [1.807, 2.05) is 48.2 Å². The first-order valence-corrected chi connectivity index (χ1v) is 10.2. The number of rotatable bonds is 5. The number of nitrogens with one attached hydrogen (secondary N) is 1. The van der Waals surface area contributed by atoms with Crippen molar-refractivity contribution in [3.63, 3.8) is 0 Å². The van der Waals surface area contributed by atoms with Crippen molar-refractivity contribution < 1.29 is 14.3 Å². The highest BCUT2D eigenvalue weighted by molar-refractivity contribution is 7.99. The third-order valence-electron chi connectivity index (χ3n) is 4.82. The lowest BCUT2D eigenvalue weighted by Crippen LogP contribution is -2.30. The summed E-state index contributed by atoms with van der Waals surface area (Å²) in [6.45, 7) is 1.36. The molecule has 26 heavy (non-hydrogen) atoms. The van der Waals surface area contributed by atoms with Crippen molar-refractivity contribution in [3.8, 4) is 5.75 Å². The van der Waals surface area contributed by atoms with E-state index in [0.29, 0.717) is 17.9 Å². The average Bonchev–Trinajstić information content (AvgIpc) is 3.20. The molecule has 0 bridgehead atoms. The lowest BCUT2D eigenvalue weighted by molar-refractivity contribution is 0.0679. The summed E-state index contributed by atoms with van der Waals surface area (Å²) in [7, 11) is 0. The molecule has 136 valence electrons. The molecule has 1 saturated heterocycles. The molecule has 1 fully saturated rings. The molecule has 2 unspecified atom stereocenters. The first kappa shape index (κ1) is 17.4. The first-order valence-electron chi connectivity index (χ1n) is 9.16. The summed E-state index contributed by atoms with van der Waals surface area (Å²) in [4.78, 5) is 14.0. The van der Waals surface area contributed by atoms with Crippen LogP contribution >= 0.6 is 11.8 Å². The zero-order valence-electron chi connectivity index (χ0n) is 14.6. The van der Waals surface area contributed by atoms with Gasteiger partial charge in [-0.2, -0.15) is 0 Å². The van der Waals surface area contributed by atoms with Gasteiger partial charge in [0.15, 0.2) is 0 Å². The molecule has 0 saturated carbocycles. The molecule has 2 aromatic rings. The molecule has 0 spiro atoms. The van der Waals surface area contributed by atoms with Crippen LogP contribution < -0.4 is 10.1 Å². The minimum absolute atomic E-state index is 0.0562. The van der Waals surface area contributed by atoms with E-state index in [1.54, 1.807) is 0 Å². The number of amides is 1. The van der Waals surface area contributed by atoms with Crippen molar-refractivity contribution in [1.29, 1.82) is 0 Å². The molecule has 1 amide bonds. The zero-order chi connectivity index (χ0) is 17.8. The van der Waals surface area contributed by atoms with E-state index in [1.165, 1.54) is 10.5 Å². The van der Waals surface area contributed by atoms with Crippen LogP contribution in [0, 0.1) is 0 Å². The van der Waals surface area contributed by atoms with Crippen molar-refractivity contribution in [2.75, 3.05) is 19.0 Å². The normalized spacial score (nSPS) is 21.8. The Morgan fingerprint density at radius 3 is 3.00 bits per heavy atom. The smallest absolute Gasteiger partial charge is 0.251 e. The van der Waals surface area contributed by atoms with Gasteiger partial charge in [0.25, 0.3) is 5.91 Å². The zero-order valence-corrected chi connectivity index (χ0v) is 15.5. The SMILES string of the molecule is O=C(NC1CCSc2ccccc21)c1cccc(OCC2CCCO2)c1. The van der Waals surface area contributed by atoms with Gasteiger partial charge in [-0.25, -0.2) is 0 Å². The average molecular weight is 369 g/mol. The second kappa shape index (κ2) is 8.14. The molecule has 2 aromatic carbocycles. The lowest BCUT2D eigenvalue weighted by atomic mass is 10.0. The van der Waals surface area contributed by atoms with Gasteiger partial charge < -0.3 is 14.8 Å². The highest BCUT2D eigenvalue weighted by Gasteiger charge is 2.22. The molecule has 4 nitrogen and oxygen atoms in total. The molecule has 0 aliphatic carbocycles. The Kier molecular flexibility index (Phi) is 5.46. The molecule has 0 radical (unpaired) electrons. The van der Waals surface area contributed by atoms with E-state index in [2.05, 4.69) is 17.4 Å². The molecule has 2 aliphatic heterocycles. The van der Waals surface area contributed by atoms with Crippen LogP contribution in [0.1, 0.15) is 41.2 Å². The summed E-state index contributed by atoms with van der Waals surface area (Å²) in [5, 5.41) is 3.18. The number of carbonyl (C=O) groups is 1. The Labute approximate surface area is 158 Å². The molecule has 0 aromatic heterocycles. The van der Waals surface area contributed by atoms with Gasteiger partial charge in [-0.05, 0) is 49.1 Å². The van der Waals surface area contributed by atoms with Crippen molar-refractivity contribution in [1.82, 2.24) is 5.32 Å². The van der Waals surface area contributed by atoms with E-state index < -0.39 is 0 Å². The maximum absolute atomic E-state index is 12.7. The second-order valence-corrected chi connectivity index (χ2v) is 7.81. The van der Waals surface area contributed by atoms with E-state index in [4.69, 9.17) is 9.47 Å². The number of thioether (sulfide) groups is 1. The predicted molar refractivity (Wildman–Crippen MR) is 103 cm³/mol. The van der Waals surface area contributed by atoms with Crippen molar-refractivity contribution in [2.45, 2.75) is 36.3 Å². The van der Waals surface area contributed by atoms with Crippen molar-refractivity contribution >= 4 is 17.7 Å². The van der Waals surface area contributed by atoms with Crippen LogP contribution in [-0.2, 0) is 4.74 Å². The molecule has 4 rings (SSSR count). The summed E-state index contributed by atoms with van der Waals surface area (Å²) < 4.78 is 11.4. The second-order valence-electron chi connectivity index (χ2n) is 6.67. The van der Waals surface area contributed by atoms with Gasteiger partial charge in [-0.3, -0.25) is 4.79 Å². The summed E-state index contributed by atoms with van der Waals surface area (Å²) >= 11 is 1.85. The fraction of sp³-hybridized carbons (Fsp3) is 0.381. The Morgan fingerprint density at radius 2 is 2.12 bits per heavy atom. The fourth-order valence-corrected chi connectivity index (χ4v) is 4.55. The third kappa shape index (κ3) is 4.05. The Hall–Kier alpha value is -1.98. The summed E-state index contributed by atoms with van der Waals surface area (Å²) in [6.07, 6.45) is 3.25. The van der Waals surface area contributed by atoms with Crippen LogP contribution in [0.5, 0.6) is 5.75 Å². The molecular formula is C21H23NO3S. The molecular weight excluding hydrogens is 346 g/mol. The maximum Gasteiger partial charge on any atom is 0.251 e. The standard InChI is InChI=1S/C21H23NO3S/c23-21(22-19-10-12-26-20-9-2-1-8-18(19)20)15-5-3-6-16(13-15)25-14-17-7-4-11-24-17/h1-3,5-6,8-9,13,17,19H,4,7,10-12,14H2,(H,22,23). The van der Waals surface area contributed by atoms with Gasteiger partial charge in [-0.1, -0.05) is 24.3 Å². The molecule has 1 N–H and O–H groups in total. The van der Waals surface area contributed by atoms with Crippen LogP contribution in [0.25, 0.3) is 0 Å². The minimum atomic E-state index is -0.0562. The number of benzene rings is 2. The van der Waals surface area contributed by atoms with Gasteiger partial charge in [0, 0.05) is 22.8 Å². The summed E-state index contributed by atoms with van der Waals surface area (Å²) in [5.41, 5.74) is 1.84. The first-order chi connectivity index (χ1) is 12.8. The van der Waals surface area contributed by atoms with E-state index in [0.717, 1.165) is 31.6 Å². The molecule has 2 heterocycles. The summed E-state index contributed by atoms with van der Waals surface area (Å²) in [5.74, 6) is 1.68.